The van der Waals surface area contributed by atoms with Crippen LogP contribution in [0.2, 0.25) is 5.02 Å². The summed E-state index contributed by atoms with van der Waals surface area (Å²) in [6, 6.07) is 4.54. The lowest BCUT2D eigenvalue weighted by Crippen LogP contribution is -2.08. The molecule has 0 amide bonds. The number of aromatic nitrogens is 1. The first-order valence-corrected chi connectivity index (χ1v) is 6.85. The zero-order valence-corrected chi connectivity index (χ0v) is 12.0. The van der Waals surface area contributed by atoms with Crippen LogP contribution in [0.3, 0.4) is 0 Å². The lowest BCUT2D eigenvalue weighted by molar-refractivity contribution is -0.384. The van der Waals surface area contributed by atoms with Crippen LogP contribution in [-0.2, 0) is 0 Å². The van der Waals surface area contributed by atoms with E-state index in [1.807, 2.05) is 13.8 Å². The summed E-state index contributed by atoms with van der Waals surface area (Å²) in [6.07, 6.45) is 0. The number of benzene rings is 1. The van der Waals surface area contributed by atoms with E-state index in [4.69, 9.17) is 11.6 Å². The van der Waals surface area contributed by atoms with Gasteiger partial charge in [-0.15, -0.1) is 11.3 Å². The fourth-order valence-corrected chi connectivity index (χ4v) is 2.78. The van der Waals surface area contributed by atoms with Crippen molar-refractivity contribution in [3.63, 3.8) is 0 Å². The monoisotopic (exact) mass is 297 g/mol. The van der Waals surface area contributed by atoms with E-state index < -0.39 is 4.92 Å². The van der Waals surface area contributed by atoms with E-state index in [9.17, 15) is 10.1 Å². The van der Waals surface area contributed by atoms with Crippen LogP contribution >= 0.6 is 22.9 Å². The first kappa shape index (κ1) is 13.8. The molecule has 0 aliphatic heterocycles. The first-order valence-electron chi connectivity index (χ1n) is 5.59. The topological polar surface area (TPSA) is 68.1 Å². The van der Waals surface area contributed by atoms with Crippen LogP contribution in [0.5, 0.6) is 0 Å². The van der Waals surface area contributed by atoms with Gasteiger partial charge < -0.3 is 5.32 Å². The Morgan fingerprint density at radius 3 is 2.84 bits per heavy atom. The molecule has 0 saturated carbocycles. The molecule has 0 fully saturated rings. The number of nitrogens with zero attached hydrogens (tertiary/aromatic N) is 2. The molecule has 5 nitrogen and oxygen atoms in total. The molecule has 0 aliphatic rings. The van der Waals surface area contributed by atoms with Crippen molar-refractivity contribution in [1.82, 2.24) is 4.98 Å². The first-order chi connectivity index (χ1) is 8.99. The molecule has 0 radical (unpaired) electrons. The number of aryl methyl sites for hydroxylation is 1. The van der Waals surface area contributed by atoms with Gasteiger partial charge in [-0.05, 0) is 26.0 Å². The molecule has 19 heavy (non-hydrogen) atoms. The molecule has 1 heterocycles. The highest BCUT2D eigenvalue weighted by Gasteiger charge is 2.18. The van der Waals surface area contributed by atoms with Crippen LogP contribution < -0.4 is 5.32 Å². The van der Waals surface area contributed by atoms with Crippen LogP contribution in [0.15, 0.2) is 23.7 Å². The van der Waals surface area contributed by atoms with Gasteiger partial charge in [0.15, 0.2) is 0 Å². The van der Waals surface area contributed by atoms with Crippen molar-refractivity contribution in [3.8, 4) is 0 Å². The van der Waals surface area contributed by atoms with E-state index in [0.717, 1.165) is 10.6 Å². The zero-order chi connectivity index (χ0) is 14.0. The minimum absolute atomic E-state index is 0.0264. The predicted molar refractivity (Wildman–Crippen MR) is 77.0 cm³/mol. The maximum atomic E-state index is 11.0. The molecule has 0 saturated heterocycles. The van der Waals surface area contributed by atoms with Crippen LogP contribution in [-0.4, -0.2) is 9.91 Å². The highest BCUT2D eigenvalue weighted by Crippen LogP contribution is 2.32. The predicted octanol–water partition coefficient (Wildman–Crippen LogP) is 4.19. The number of hydrogen-bond acceptors (Lipinski definition) is 5. The summed E-state index contributed by atoms with van der Waals surface area (Å²) in [5.74, 6) is 0. The summed E-state index contributed by atoms with van der Waals surface area (Å²) in [5, 5.41) is 14.5. The molecule has 0 spiro atoms. The van der Waals surface area contributed by atoms with E-state index in [2.05, 4.69) is 10.3 Å². The molecule has 1 N–H and O–H groups in total. The quantitative estimate of drug-likeness (QED) is 0.679. The Labute approximate surface area is 119 Å². The lowest BCUT2D eigenvalue weighted by Gasteiger charge is -2.14. The van der Waals surface area contributed by atoms with Gasteiger partial charge in [0.1, 0.15) is 5.69 Å². The Balaban J connectivity index is 2.29. The smallest absolute Gasteiger partial charge is 0.293 e. The van der Waals surface area contributed by atoms with Gasteiger partial charge in [0.25, 0.3) is 5.69 Å². The van der Waals surface area contributed by atoms with E-state index in [0.29, 0.717) is 10.7 Å². The van der Waals surface area contributed by atoms with Gasteiger partial charge >= 0.3 is 0 Å². The Bertz CT molecular complexity index is 615. The molecule has 0 aliphatic carbocycles. The molecule has 7 heteroatoms. The second-order valence-electron chi connectivity index (χ2n) is 4.09. The van der Waals surface area contributed by atoms with Crippen LogP contribution in [0, 0.1) is 17.0 Å². The summed E-state index contributed by atoms with van der Waals surface area (Å²) in [5.41, 5.74) is 3.12. The van der Waals surface area contributed by atoms with Crippen LogP contribution in [0.1, 0.15) is 23.5 Å². The number of hydrogen-bond donors (Lipinski definition) is 1. The minimum atomic E-state index is -0.444. The molecule has 1 unspecified atom stereocenters. The fourth-order valence-electron chi connectivity index (χ4n) is 1.80. The van der Waals surface area contributed by atoms with Crippen molar-refractivity contribution >= 4 is 34.3 Å². The third-order valence-corrected chi connectivity index (χ3v) is 4.05. The normalized spacial score (nSPS) is 12.2. The summed E-state index contributed by atoms with van der Waals surface area (Å²) in [7, 11) is 0. The van der Waals surface area contributed by atoms with Crippen molar-refractivity contribution in [1.29, 1.82) is 0 Å². The number of nitro benzene ring substituents is 1. The summed E-state index contributed by atoms with van der Waals surface area (Å²) >= 11 is 7.31. The van der Waals surface area contributed by atoms with Crippen molar-refractivity contribution < 1.29 is 4.92 Å². The molecule has 2 rings (SSSR count). The van der Waals surface area contributed by atoms with Crippen LogP contribution in [0.4, 0.5) is 11.4 Å². The highest BCUT2D eigenvalue weighted by molar-refractivity contribution is 7.09. The van der Waals surface area contributed by atoms with E-state index in [1.165, 1.54) is 17.4 Å². The average molecular weight is 298 g/mol. The van der Waals surface area contributed by atoms with Gasteiger partial charge in [0, 0.05) is 16.0 Å². The van der Waals surface area contributed by atoms with Crippen molar-refractivity contribution in [3.05, 3.63) is 49.4 Å². The highest BCUT2D eigenvalue weighted by atomic mass is 35.5. The van der Waals surface area contributed by atoms with Gasteiger partial charge in [0.05, 0.1) is 22.2 Å². The Hall–Kier alpha value is -1.66. The summed E-state index contributed by atoms with van der Waals surface area (Å²) in [4.78, 5) is 15.8. The van der Waals surface area contributed by atoms with Gasteiger partial charge in [0.2, 0.25) is 0 Å². The van der Waals surface area contributed by atoms with Gasteiger partial charge in [-0.1, -0.05) is 11.6 Å². The van der Waals surface area contributed by atoms with Crippen LogP contribution in [0.25, 0.3) is 0 Å². The molecule has 100 valence electrons. The summed E-state index contributed by atoms with van der Waals surface area (Å²) < 4.78 is 0. The molecule has 1 aromatic heterocycles. The number of anilines is 1. The minimum Gasteiger partial charge on any atom is -0.372 e. The summed E-state index contributed by atoms with van der Waals surface area (Å²) in [6.45, 7) is 3.86. The second-order valence-corrected chi connectivity index (χ2v) is 5.41. The van der Waals surface area contributed by atoms with Crippen molar-refractivity contribution in [2.75, 3.05) is 5.32 Å². The molecule has 2 aromatic rings. The number of thiazole rings is 1. The third-order valence-electron chi connectivity index (χ3n) is 2.70. The molecule has 0 bridgehead atoms. The molecular formula is C12H12ClN3O2S. The van der Waals surface area contributed by atoms with E-state index in [-0.39, 0.29) is 11.7 Å². The number of nitro groups is 1. The van der Waals surface area contributed by atoms with Crippen molar-refractivity contribution in [2.24, 2.45) is 0 Å². The van der Waals surface area contributed by atoms with E-state index in [1.54, 1.807) is 17.6 Å². The van der Waals surface area contributed by atoms with E-state index >= 15 is 0 Å². The van der Waals surface area contributed by atoms with Gasteiger partial charge in [-0.3, -0.25) is 10.1 Å². The Morgan fingerprint density at radius 2 is 2.26 bits per heavy atom. The molecule has 1 aromatic carbocycles. The zero-order valence-electron chi connectivity index (χ0n) is 10.4. The molecular weight excluding hydrogens is 286 g/mol. The number of nitrogens with one attached hydrogen (secondary N) is 1. The largest absolute Gasteiger partial charge is 0.372 e. The Kier molecular flexibility index (Phi) is 4.01. The molecule has 1 atom stereocenters. The lowest BCUT2D eigenvalue weighted by atomic mass is 10.2. The number of rotatable bonds is 4. The number of halogens is 1. The Morgan fingerprint density at radius 1 is 1.53 bits per heavy atom. The van der Waals surface area contributed by atoms with Gasteiger partial charge in [-0.2, -0.15) is 0 Å². The van der Waals surface area contributed by atoms with Crippen molar-refractivity contribution in [2.45, 2.75) is 19.9 Å². The maximum Gasteiger partial charge on any atom is 0.293 e. The maximum absolute atomic E-state index is 11.0. The van der Waals surface area contributed by atoms with Gasteiger partial charge in [-0.25, -0.2) is 4.98 Å². The fraction of sp³-hybridized carbons (Fsp3) is 0.250. The second kappa shape index (κ2) is 5.54. The SMILES string of the molecule is Cc1ncsc1C(C)Nc1ccc(Cl)cc1[N+](=O)[O-]. The average Bonchev–Trinajstić information content (AvgIpc) is 2.77. The third kappa shape index (κ3) is 3.02. The standard InChI is InChI=1S/C12H12ClN3O2S/c1-7-12(19-6-14-7)8(2)15-10-4-3-9(13)5-11(10)16(17)18/h3-6,8,15H,1-2H3.